The number of methoxy groups -OCH3 is 1. The molecule has 0 spiro atoms. The third kappa shape index (κ3) is 5.47. The molecule has 4 aromatic rings. The van der Waals surface area contributed by atoms with Gasteiger partial charge in [-0.2, -0.15) is 0 Å². The summed E-state index contributed by atoms with van der Waals surface area (Å²) in [5.41, 5.74) is 3.43. The number of imidazole rings is 1. The average Bonchev–Trinajstić information content (AvgIpc) is 3.60. The number of pyridine rings is 1. The maximum atomic E-state index is 13.7. The summed E-state index contributed by atoms with van der Waals surface area (Å²) in [5.74, 6) is 1.95. The lowest BCUT2D eigenvalue weighted by Crippen LogP contribution is -2.50. The van der Waals surface area contributed by atoms with E-state index in [1.807, 2.05) is 50.7 Å². The van der Waals surface area contributed by atoms with E-state index in [9.17, 15) is 9.59 Å². The van der Waals surface area contributed by atoms with Gasteiger partial charge in [0.05, 0.1) is 18.3 Å². The molecule has 1 atom stereocenters. The molecule has 1 aliphatic carbocycles. The van der Waals surface area contributed by atoms with Crippen LogP contribution in [0, 0.1) is 5.92 Å². The fourth-order valence-corrected chi connectivity index (χ4v) is 5.77. The molecule has 1 aromatic carbocycles. The van der Waals surface area contributed by atoms with Crippen molar-refractivity contribution in [1.82, 2.24) is 29.3 Å². The molecule has 2 amide bonds. The molecule has 1 saturated heterocycles. The van der Waals surface area contributed by atoms with E-state index >= 15 is 0 Å². The molecule has 6 rings (SSSR count). The van der Waals surface area contributed by atoms with Gasteiger partial charge in [-0.05, 0) is 82.7 Å². The maximum Gasteiger partial charge on any atom is 0.407 e. The molecule has 2 fully saturated rings. The number of nitrogens with one attached hydrogen (secondary N) is 1. The molecule has 41 heavy (non-hydrogen) atoms. The summed E-state index contributed by atoms with van der Waals surface area (Å²) in [6.45, 7) is 7.44. The number of ether oxygens (including phenoxy) is 2. The van der Waals surface area contributed by atoms with Crippen LogP contribution in [0.2, 0.25) is 0 Å². The monoisotopic (exact) mass is 558 g/mol. The van der Waals surface area contributed by atoms with Crippen LogP contribution < -0.4 is 10.1 Å². The van der Waals surface area contributed by atoms with Crippen molar-refractivity contribution in [2.45, 2.75) is 64.6 Å². The van der Waals surface area contributed by atoms with E-state index in [1.54, 1.807) is 18.1 Å². The second-order valence-corrected chi connectivity index (χ2v) is 12.3. The number of piperidine rings is 1. The number of hydrogen-bond donors (Lipinski definition) is 1. The molecule has 1 saturated carbocycles. The second kappa shape index (κ2) is 10.4. The van der Waals surface area contributed by atoms with Gasteiger partial charge < -0.3 is 28.8 Å². The lowest BCUT2D eigenvalue weighted by atomic mass is 10.0. The van der Waals surface area contributed by atoms with Crippen LogP contribution in [-0.2, 0) is 18.3 Å². The molecule has 10 heteroatoms. The maximum absolute atomic E-state index is 13.7. The first-order valence-electron chi connectivity index (χ1n) is 14.4. The van der Waals surface area contributed by atoms with Crippen LogP contribution in [0.3, 0.4) is 0 Å². The Labute approximate surface area is 239 Å². The molecule has 1 unspecified atom stereocenters. The summed E-state index contributed by atoms with van der Waals surface area (Å²) in [4.78, 5) is 37.5. The SMILES string of the molecule is COc1cc(C(=O)N2CCCC(NC(=O)OC(C)(C)C)C2)cc2nc(-c3cc4cccnc4n3CC3CC3)n(C)c12. The first kappa shape index (κ1) is 27.1. The quantitative estimate of drug-likeness (QED) is 0.352. The molecule has 2 aliphatic rings. The first-order valence-corrected chi connectivity index (χ1v) is 14.4. The Morgan fingerprint density at radius 3 is 2.68 bits per heavy atom. The van der Waals surface area contributed by atoms with Crippen LogP contribution in [0.4, 0.5) is 4.79 Å². The fourth-order valence-electron chi connectivity index (χ4n) is 5.77. The van der Waals surface area contributed by atoms with Gasteiger partial charge in [-0.1, -0.05) is 0 Å². The van der Waals surface area contributed by atoms with Crippen molar-refractivity contribution in [3.05, 3.63) is 42.1 Å². The largest absolute Gasteiger partial charge is 0.494 e. The van der Waals surface area contributed by atoms with Gasteiger partial charge >= 0.3 is 6.09 Å². The molecular formula is C31H38N6O4. The standard InChI is InChI=1S/C31H38N6O4/c1-31(2,3)41-30(39)33-22-9-7-13-36(18-22)29(38)21-14-23-26(25(16-21)40-5)35(4)28(34-23)24-15-20-8-6-12-32-27(20)37(24)17-19-10-11-19/h6,8,12,14-16,19,22H,7,9-11,13,17-18H2,1-5H3,(H,33,39). The number of benzene rings is 1. The van der Waals surface area contributed by atoms with Gasteiger partial charge in [0.1, 0.15) is 22.5 Å². The zero-order chi connectivity index (χ0) is 28.9. The van der Waals surface area contributed by atoms with Crippen LogP contribution in [-0.4, -0.2) is 67.8 Å². The Morgan fingerprint density at radius 1 is 1.15 bits per heavy atom. The minimum absolute atomic E-state index is 0.111. The van der Waals surface area contributed by atoms with E-state index in [4.69, 9.17) is 14.5 Å². The van der Waals surface area contributed by atoms with Crippen molar-refractivity contribution < 1.29 is 19.1 Å². The van der Waals surface area contributed by atoms with Gasteiger partial charge in [0.25, 0.3) is 5.91 Å². The van der Waals surface area contributed by atoms with E-state index in [-0.39, 0.29) is 11.9 Å². The molecule has 1 N–H and O–H groups in total. The number of amides is 2. The Morgan fingerprint density at radius 2 is 1.95 bits per heavy atom. The summed E-state index contributed by atoms with van der Waals surface area (Å²) in [7, 11) is 3.60. The Kier molecular flexibility index (Phi) is 6.87. The molecule has 1 aliphatic heterocycles. The summed E-state index contributed by atoms with van der Waals surface area (Å²) in [6, 6.07) is 9.66. The normalized spacial score (nSPS) is 17.7. The predicted octanol–water partition coefficient (Wildman–Crippen LogP) is 5.14. The van der Waals surface area contributed by atoms with E-state index in [2.05, 4.69) is 27.0 Å². The summed E-state index contributed by atoms with van der Waals surface area (Å²) >= 11 is 0. The third-order valence-corrected chi connectivity index (χ3v) is 7.85. The van der Waals surface area contributed by atoms with Gasteiger partial charge in [0, 0.05) is 49.9 Å². The highest BCUT2D eigenvalue weighted by Gasteiger charge is 2.29. The van der Waals surface area contributed by atoms with Crippen LogP contribution in [0.5, 0.6) is 5.75 Å². The van der Waals surface area contributed by atoms with Crippen LogP contribution >= 0.6 is 0 Å². The molecule has 216 valence electrons. The minimum atomic E-state index is -0.579. The van der Waals surface area contributed by atoms with Gasteiger partial charge in [-0.25, -0.2) is 14.8 Å². The smallest absolute Gasteiger partial charge is 0.407 e. The highest BCUT2D eigenvalue weighted by molar-refractivity contribution is 6.00. The lowest BCUT2D eigenvalue weighted by Gasteiger charge is -2.33. The van der Waals surface area contributed by atoms with Crippen molar-refractivity contribution in [1.29, 1.82) is 0 Å². The number of nitrogens with zero attached hydrogens (tertiary/aromatic N) is 5. The van der Waals surface area contributed by atoms with Gasteiger partial charge in [0.2, 0.25) is 0 Å². The van der Waals surface area contributed by atoms with E-state index < -0.39 is 11.7 Å². The van der Waals surface area contributed by atoms with Crippen molar-refractivity contribution >= 4 is 34.1 Å². The molecule has 0 radical (unpaired) electrons. The number of likely N-dealkylation sites (tertiary alicyclic amines) is 1. The summed E-state index contributed by atoms with van der Waals surface area (Å²) < 4.78 is 15.5. The molecule has 4 heterocycles. The van der Waals surface area contributed by atoms with Crippen molar-refractivity contribution in [2.75, 3.05) is 20.2 Å². The summed E-state index contributed by atoms with van der Waals surface area (Å²) in [6.07, 6.45) is 5.42. The number of aromatic nitrogens is 4. The number of hydrogen-bond acceptors (Lipinski definition) is 6. The third-order valence-electron chi connectivity index (χ3n) is 7.85. The van der Waals surface area contributed by atoms with Gasteiger partial charge in [-0.3, -0.25) is 4.79 Å². The van der Waals surface area contributed by atoms with Crippen molar-refractivity contribution in [3.63, 3.8) is 0 Å². The Bertz CT molecular complexity index is 1630. The summed E-state index contributed by atoms with van der Waals surface area (Å²) in [5, 5.41) is 4.01. The van der Waals surface area contributed by atoms with E-state index in [0.29, 0.717) is 35.8 Å². The van der Waals surface area contributed by atoms with Crippen LogP contribution in [0.1, 0.15) is 56.8 Å². The number of aryl methyl sites for hydroxylation is 1. The number of rotatable bonds is 6. The molecule has 3 aromatic heterocycles. The van der Waals surface area contributed by atoms with E-state index in [1.165, 1.54) is 12.8 Å². The topological polar surface area (TPSA) is 104 Å². The Balaban J connectivity index is 1.31. The molecule has 0 bridgehead atoms. The second-order valence-electron chi connectivity index (χ2n) is 12.3. The number of carbonyl (C=O) groups is 2. The highest BCUT2D eigenvalue weighted by atomic mass is 16.6. The van der Waals surface area contributed by atoms with Crippen LogP contribution in [0.15, 0.2) is 36.5 Å². The van der Waals surface area contributed by atoms with Gasteiger partial charge in [-0.15, -0.1) is 0 Å². The first-order chi connectivity index (χ1) is 19.6. The highest BCUT2D eigenvalue weighted by Crippen LogP contribution is 2.37. The zero-order valence-electron chi connectivity index (χ0n) is 24.4. The fraction of sp³-hybridized carbons (Fsp3) is 0.484. The lowest BCUT2D eigenvalue weighted by molar-refractivity contribution is 0.0452. The average molecular weight is 559 g/mol. The van der Waals surface area contributed by atoms with Gasteiger partial charge in [0.15, 0.2) is 5.82 Å². The van der Waals surface area contributed by atoms with Crippen molar-refractivity contribution in [3.8, 4) is 17.3 Å². The number of carbonyl (C=O) groups excluding carboxylic acids is 2. The minimum Gasteiger partial charge on any atom is -0.494 e. The number of alkyl carbamates (subject to hydrolysis) is 1. The Hall–Kier alpha value is -4.08. The molecule has 10 nitrogen and oxygen atoms in total. The van der Waals surface area contributed by atoms with Crippen molar-refractivity contribution in [2.24, 2.45) is 13.0 Å². The predicted molar refractivity (Wildman–Crippen MR) is 157 cm³/mol. The van der Waals surface area contributed by atoms with E-state index in [0.717, 1.165) is 47.5 Å². The number of fused-ring (bicyclic) bond motifs is 2. The zero-order valence-corrected chi connectivity index (χ0v) is 24.4. The molecular weight excluding hydrogens is 520 g/mol. The van der Waals surface area contributed by atoms with Crippen LogP contribution in [0.25, 0.3) is 33.6 Å².